The van der Waals surface area contributed by atoms with E-state index in [-0.39, 0.29) is 34.2 Å². The fourth-order valence-electron chi connectivity index (χ4n) is 3.62. The van der Waals surface area contributed by atoms with Gasteiger partial charge in [-0.15, -0.1) is 0 Å². The van der Waals surface area contributed by atoms with Gasteiger partial charge in [0.25, 0.3) is 5.91 Å². The molecule has 1 saturated heterocycles. The number of sulfonamides is 2. The molecule has 0 aliphatic carbocycles. The van der Waals surface area contributed by atoms with Crippen LogP contribution in [0.4, 0.5) is 5.69 Å². The largest absolute Gasteiger partial charge is 0.493 e. The van der Waals surface area contributed by atoms with Gasteiger partial charge in [0.2, 0.25) is 20.0 Å². The predicted octanol–water partition coefficient (Wildman–Crippen LogP) is 1.81. The number of carbonyl (C=O) groups excluding carboxylic acids is 1. The fourth-order valence-corrected chi connectivity index (χ4v) is 5.65. The zero-order valence-corrected chi connectivity index (χ0v) is 21.2. The van der Waals surface area contributed by atoms with Crippen LogP contribution in [0.1, 0.15) is 28.8 Å². The molecule has 1 heterocycles. The van der Waals surface area contributed by atoms with Crippen LogP contribution in [0.3, 0.4) is 0 Å². The van der Waals surface area contributed by atoms with E-state index in [1.165, 1.54) is 49.8 Å². The van der Waals surface area contributed by atoms with E-state index in [4.69, 9.17) is 9.47 Å². The summed E-state index contributed by atoms with van der Waals surface area (Å²) in [6.07, 6.45) is 2.75. The molecule has 34 heavy (non-hydrogen) atoms. The van der Waals surface area contributed by atoms with Crippen molar-refractivity contribution in [3.63, 3.8) is 0 Å². The molecule has 1 amide bonds. The maximum absolute atomic E-state index is 13.0. The van der Waals surface area contributed by atoms with Crippen LogP contribution in [0.15, 0.2) is 41.3 Å². The van der Waals surface area contributed by atoms with Crippen molar-refractivity contribution in [3.8, 4) is 11.5 Å². The quantitative estimate of drug-likeness (QED) is 0.545. The second kappa shape index (κ2) is 10.2. The first-order chi connectivity index (χ1) is 16.0. The molecule has 12 heteroatoms. The van der Waals surface area contributed by atoms with Crippen LogP contribution in [-0.2, 0) is 26.6 Å². The Bertz CT molecular complexity index is 1250. The topological polar surface area (TPSA) is 122 Å². The highest BCUT2D eigenvalue weighted by Crippen LogP contribution is 2.35. The molecule has 186 valence electrons. The van der Waals surface area contributed by atoms with Crippen LogP contribution < -0.4 is 19.1 Å². The first-order valence-electron chi connectivity index (χ1n) is 10.6. The van der Waals surface area contributed by atoms with Crippen LogP contribution in [-0.4, -0.2) is 67.7 Å². The molecule has 1 aliphatic rings. The first kappa shape index (κ1) is 25.8. The molecule has 0 atom stereocenters. The molecule has 0 spiro atoms. The van der Waals surface area contributed by atoms with E-state index in [0.29, 0.717) is 18.7 Å². The molecule has 3 rings (SSSR count). The van der Waals surface area contributed by atoms with Gasteiger partial charge < -0.3 is 14.8 Å². The van der Waals surface area contributed by atoms with Crippen LogP contribution in [0.25, 0.3) is 0 Å². The Morgan fingerprint density at radius 3 is 2.09 bits per heavy atom. The van der Waals surface area contributed by atoms with Gasteiger partial charge in [0.15, 0.2) is 11.5 Å². The van der Waals surface area contributed by atoms with Gasteiger partial charge in [-0.05, 0) is 36.6 Å². The maximum atomic E-state index is 13.0. The van der Waals surface area contributed by atoms with Crippen molar-refractivity contribution in [2.75, 3.05) is 44.9 Å². The molecule has 2 aromatic carbocycles. The number of hydrogen-bond donors (Lipinski definition) is 1. The number of rotatable bonds is 9. The SMILES string of the molecule is COc1cc(C(=O)NCc2ccc(S(=O)(=O)N3CCCC3)cc2)c(N(C)S(C)(=O)=O)cc1OC. The Labute approximate surface area is 200 Å². The minimum absolute atomic E-state index is 0.0822. The summed E-state index contributed by atoms with van der Waals surface area (Å²) in [6, 6.07) is 9.16. The highest BCUT2D eigenvalue weighted by molar-refractivity contribution is 7.92. The van der Waals surface area contributed by atoms with Gasteiger partial charge >= 0.3 is 0 Å². The molecule has 0 saturated carbocycles. The second-order valence-electron chi connectivity index (χ2n) is 7.89. The number of carbonyl (C=O) groups is 1. The third-order valence-corrected chi connectivity index (χ3v) is 8.77. The molecule has 0 bridgehead atoms. The van der Waals surface area contributed by atoms with Crippen LogP contribution in [0.2, 0.25) is 0 Å². The molecule has 1 aliphatic heterocycles. The number of ether oxygens (including phenoxy) is 2. The summed E-state index contributed by atoms with van der Waals surface area (Å²) < 4.78 is 62.6. The van der Waals surface area contributed by atoms with Gasteiger partial charge in [0.05, 0.1) is 36.6 Å². The highest BCUT2D eigenvalue weighted by Gasteiger charge is 2.27. The van der Waals surface area contributed by atoms with Gasteiger partial charge in [-0.1, -0.05) is 12.1 Å². The fraction of sp³-hybridized carbons (Fsp3) is 0.409. The lowest BCUT2D eigenvalue weighted by atomic mass is 10.1. The van der Waals surface area contributed by atoms with Gasteiger partial charge in [0, 0.05) is 32.7 Å². The molecule has 0 unspecified atom stereocenters. The second-order valence-corrected chi connectivity index (χ2v) is 11.8. The molecule has 0 radical (unpaired) electrons. The number of nitrogens with one attached hydrogen (secondary N) is 1. The summed E-state index contributed by atoms with van der Waals surface area (Å²) in [5.41, 5.74) is 0.899. The van der Waals surface area contributed by atoms with Crippen LogP contribution in [0, 0.1) is 0 Å². The Morgan fingerprint density at radius 2 is 1.56 bits per heavy atom. The van der Waals surface area contributed by atoms with E-state index in [1.54, 1.807) is 12.1 Å². The lowest BCUT2D eigenvalue weighted by molar-refractivity contribution is 0.0951. The zero-order valence-electron chi connectivity index (χ0n) is 19.6. The summed E-state index contributed by atoms with van der Waals surface area (Å²) in [5.74, 6) is 0.0225. The normalized spacial score (nSPS) is 14.6. The monoisotopic (exact) mass is 511 g/mol. The smallest absolute Gasteiger partial charge is 0.253 e. The summed E-state index contributed by atoms with van der Waals surface area (Å²) >= 11 is 0. The Balaban J connectivity index is 1.81. The Morgan fingerprint density at radius 1 is 1.00 bits per heavy atom. The number of benzene rings is 2. The van der Waals surface area contributed by atoms with Crippen molar-refractivity contribution < 1.29 is 31.1 Å². The average molecular weight is 512 g/mol. The van der Waals surface area contributed by atoms with Gasteiger partial charge in [-0.2, -0.15) is 4.31 Å². The Hall–Kier alpha value is -2.83. The van der Waals surface area contributed by atoms with E-state index in [0.717, 1.165) is 23.4 Å². The van der Waals surface area contributed by atoms with Crippen molar-refractivity contribution >= 4 is 31.6 Å². The third kappa shape index (κ3) is 5.45. The standard InChI is InChI=1S/C22H29N3O7S2/c1-24(33(4,27)28)19-14-21(32-3)20(31-2)13-18(19)22(26)23-15-16-7-9-17(10-8-16)34(29,30)25-11-5-6-12-25/h7-10,13-14H,5-6,11-12,15H2,1-4H3,(H,23,26). The molecular formula is C22H29N3O7S2. The molecule has 0 aromatic heterocycles. The molecular weight excluding hydrogens is 482 g/mol. The van der Waals surface area contributed by atoms with E-state index in [2.05, 4.69) is 5.32 Å². The number of nitrogens with zero attached hydrogens (tertiary/aromatic N) is 2. The van der Waals surface area contributed by atoms with Crippen molar-refractivity contribution in [2.45, 2.75) is 24.3 Å². The van der Waals surface area contributed by atoms with E-state index in [9.17, 15) is 21.6 Å². The molecule has 1 N–H and O–H groups in total. The number of hydrogen-bond acceptors (Lipinski definition) is 7. The van der Waals surface area contributed by atoms with Gasteiger partial charge in [0.1, 0.15) is 0 Å². The maximum Gasteiger partial charge on any atom is 0.253 e. The summed E-state index contributed by atoms with van der Waals surface area (Å²) in [7, 11) is -3.00. The lowest BCUT2D eigenvalue weighted by Gasteiger charge is -2.22. The first-order valence-corrected chi connectivity index (χ1v) is 13.8. The molecule has 1 fully saturated rings. The van der Waals surface area contributed by atoms with E-state index < -0.39 is 26.0 Å². The summed E-state index contributed by atoms with van der Waals surface area (Å²) in [5, 5.41) is 2.75. The molecule has 10 nitrogen and oxygen atoms in total. The number of amides is 1. The van der Waals surface area contributed by atoms with Crippen molar-refractivity contribution in [2.24, 2.45) is 0 Å². The van der Waals surface area contributed by atoms with Crippen LogP contribution in [0.5, 0.6) is 11.5 Å². The Kier molecular flexibility index (Phi) is 7.74. The van der Waals surface area contributed by atoms with Gasteiger partial charge in [-0.25, -0.2) is 16.8 Å². The minimum Gasteiger partial charge on any atom is -0.493 e. The van der Waals surface area contributed by atoms with Crippen molar-refractivity contribution in [3.05, 3.63) is 47.5 Å². The lowest BCUT2D eigenvalue weighted by Crippen LogP contribution is -2.30. The minimum atomic E-state index is -3.65. The average Bonchev–Trinajstić information content (AvgIpc) is 3.37. The third-order valence-electron chi connectivity index (χ3n) is 5.66. The predicted molar refractivity (Wildman–Crippen MR) is 128 cm³/mol. The molecule has 2 aromatic rings. The number of methoxy groups -OCH3 is 2. The van der Waals surface area contributed by atoms with Gasteiger partial charge in [-0.3, -0.25) is 9.10 Å². The number of anilines is 1. The van der Waals surface area contributed by atoms with E-state index >= 15 is 0 Å². The van der Waals surface area contributed by atoms with E-state index in [1.807, 2.05) is 0 Å². The summed E-state index contributed by atoms with van der Waals surface area (Å²) in [6.45, 7) is 1.16. The van der Waals surface area contributed by atoms with Crippen LogP contribution >= 0.6 is 0 Å². The highest BCUT2D eigenvalue weighted by atomic mass is 32.2. The van der Waals surface area contributed by atoms with Crippen molar-refractivity contribution in [1.29, 1.82) is 0 Å². The van der Waals surface area contributed by atoms with Crippen molar-refractivity contribution in [1.82, 2.24) is 9.62 Å². The summed E-state index contributed by atoms with van der Waals surface area (Å²) in [4.78, 5) is 13.2. The zero-order chi connectivity index (χ0) is 25.1.